The molecule has 10 heteroatoms. The van der Waals surface area contributed by atoms with E-state index >= 15 is 0 Å². The molecule has 1 spiro atoms. The van der Waals surface area contributed by atoms with Gasteiger partial charge < -0.3 is 15.0 Å². The zero-order chi connectivity index (χ0) is 25.4. The Hall–Kier alpha value is -2.29. The lowest BCUT2D eigenvalue weighted by Crippen LogP contribution is -2.60. The largest absolute Gasteiger partial charge is 0.430 e. The van der Waals surface area contributed by atoms with Crippen LogP contribution in [0.25, 0.3) is 0 Å². The Balaban J connectivity index is 1.65. The molecular formula is C25H25Cl2F3N2O3. The first-order valence-corrected chi connectivity index (χ1v) is 12.0. The van der Waals surface area contributed by atoms with Crippen LogP contribution in [0.15, 0.2) is 48.5 Å². The summed E-state index contributed by atoms with van der Waals surface area (Å²) >= 11 is 11.9. The second-order valence-corrected chi connectivity index (χ2v) is 10.0. The fourth-order valence-electron chi connectivity index (χ4n) is 5.48. The van der Waals surface area contributed by atoms with Gasteiger partial charge in [0.15, 0.2) is 0 Å². The predicted octanol–water partition coefficient (Wildman–Crippen LogP) is 5.31. The molecule has 2 atom stereocenters. The number of piperidine rings is 2. The van der Waals surface area contributed by atoms with Gasteiger partial charge in [-0.05, 0) is 42.0 Å². The van der Waals surface area contributed by atoms with Gasteiger partial charge in [0.2, 0.25) is 5.91 Å². The van der Waals surface area contributed by atoms with Gasteiger partial charge in [0.1, 0.15) is 0 Å². The number of halogens is 5. The van der Waals surface area contributed by atoms with E-state index in [9.17, 15) is 22.8 Å². The fourth-order valence-corrected chi connectivity index (χ4v) is 6.01. The van der Waals surface area contributed by atoms with Crippen LogP contribution in [0.3, 0.4) is 0 Å². The van der Waals surface area contributed by atoms with Crippen molar-refractivity contribution in [2.24, 2.45) is 5.41 Å². The molecule has 0 radical (unpaired) electrons. The van der Waals surface area contributed by atoms with Crippen molar-refractivity contribution < 1.29 is 27.5 Å². The van der Waals surface area contributed by atoms with Gasteiger partial charge in [0, 0.05) is 54.7 Å². The van der Waals surface area contributed by atoms with Crippen LogP contribution in [-0.4, -0.2) is 49.6 Å². The maximum Gasteiger partial charge on any atom is 0.430 e. The van der Waals surface area contributed by atoms with Gasteiger partial charge in [-0.2, -0.15) is 13.2 Å². The monoisotopic (exact) mass is 528 g/mol. The lowest BCUT2D eigenvalue weighted by atomic mass is 9.62. The normalized spacial score (nSPS) is 21.9. The number of ether oxygens (including phenoxy) is 1. The van der Waals surface area contributed by atoms with Crippen LogP contribution in [0, 0.1) is 5.41 Å². The highest BCUT2D eigenvalue weighted by Crippen LogP contribution is 2.50. The van der Waals surface area contributed by atoms with E-state index in [0.29, 0.717) is 19.4 Å². The molecule has 2 fully saturated rings. The minimum Gasteiger partial charge on any atom is -0.356 e. The predicted molar refractivity (Wildman–Crippen MR) is 126 cm³/mol. The Morgan fingerprint density at radius 1 is 1.09 bits per heavy atom. The van der Waals surface area contributed by atoms with Crippen LogP contribution in [0.1, 0.15) is 36.3 Å². The third-order valence-electron chi connectivity index (χ3n) is 7.28. The number of carbonyl (C=O) groups excluding carboxylic acids is 2. The van der Waals surface area contributed by atoms with Crippen molar-refractivity contribution in [1.82, 2.24) is 10.2 Å². The summed E-state index contributed by atoms with van der Waals surface area (Å²) in [6, 6.07) is 13.1. The lowest BCUT2D eigenvalue weighted by Gasteiger charge is -2.50. The van der Waals surface area contributed by atoms with Gasteiger partial charge in [-0.25, -0.2) is 0 Å². The third-order valence-corrected chi connectivity index (χ3v) is 7.72. The topological polar surface area (TPSA) is 58.6 Å². The molecule has 2 saturated heterocycles. The minimum absolute atomic E-state index is 0.000173. The molecule has 2 amide bonds. The van der Waals surface area contributed by atoms with Crippen LogP contribution < -0.4 is 5.32 Å². The molecule has 2 aliphatic heterocycles. The van der Waals surface area contributed by atoms with E-state index in [1.54, 1.807) is 0 Å². The average molecular weight is 529 g/mol. The van der Waals surface area contributed by atoms with Gasteiger partial charge in [0.25, 0.3) is 11.5 Å². The number of rotatable bonds is 4. The van der Waals surface area contributed by atoms with E-state index < -0.39 is 28.7 Å². The number of alkyl halides is 3. The molecule has 2 aromatic rings. The summed E-state index contributed by atoms with van der Waals surface area (Å²) in [5.41, 5.74) is -3.13. The minimum atomic E-state index is -5.07. The quantitative estimate of drug-likeness (QED) is 0.584. The number of likely N-dealkylation sites (tertiary alicyclic amines) is 1. The molecular weight excluding hydrogens is 504 g/mol. The summed E-state index contributed by atoms with van der Waals surface area (Å²) < 4.78 is 48.5. The summed E-state index contributed by atoms with van der Waals surface area (Å²) in [5.74, 6) is -1.32. The molecule has 2 aliphatic rings. The molecule has 1 unspecified atom stereocenters. The molecule has 0 bridgehead atoms. The summed E-state index contributed by atoms with van der Waals surface area (Å²) in [5, 5.41) is 2.83. The summed E-state index contributed by atoms with van der Waals surface area (Å²) in [6.07, 6.45) is -4.04. The van der Waals surface area contributed by atoms with Gasteiger partial charge >= 0.3 is 6.18 Å². The second kappa shape index (κ2) is 9.64. The van der Waals surface area contributed by atoms with Gasteiger partial charge in [-0.15, -0.1) is 0 Å². The van der Waals surface area contributed by atoms with Gasteiger partial charge in [0.05, 0.1) is 0 Å². The smallest absolute Gasteiger partial charge is 0.356 e. The van der Waals surface area contributed by atoms with Gasteiger partial charge in [-0.1, -0.05) is 53.5 Å². The summed E-state index contributed by atoms with van der Waals surface area (Å²) in [4.78, 5) is 27.0. The highest BCUT2D eigenvalue weighted by atomic mass is 35.5. The van der Waals surface area contributed by atoms with Crippen molar-refractivity contribution in [3.63, 3.8) is 0 Å². The standard InChI is InChI=1S/C25H25Cl2F3N2O3/c1-35-24(25(28,29)30,17-11-18(26)13-19(27)12-17)22(34)32-9-7-23(8-10-32)14-21(33)31-15-20(23)16-5-3-2-4-6-16/h2-6,11-13,20H,7-10,14-15H2,1H3,(H,31,33)/t20-,24?/m0/s1. The Morgan fingerprint density at radius 3 is 2.23 bits per heavy atom. The molecule has 0 aliphatic carbocycles. The van der Waals surface area contributed by atoms with Crippen LogP contribution in [0.2, 0.25) is 10.0 Å². The maximum absolute atomic E-state index is 14.5. The Kier molecular flexibility index (Phi) is 7.10. The van der Waals surface area contributed by atoms with E-state index in [1.165, 1.54) is 11.0 Å². The van der Waals surface area contributed by atoms with E-state index in [2.05, 4.69) is 5.32 Å². The molecule has 4 rings (SSSR count). The number of hydrogen-bond donors (Lipinski definition) is 1. The number of hydrogen-bond acceptors (Lipinski definition) is 3. The van der Waals surface area contributed by atoms with Crippen molar-refractivity contribution in [1.29, 1.82) is 0 Å². The maximum atomic E-state index is 14.5. The van der Waals surface area contributed by atoms with Crippen molar-refractivity contribution in [3.05, 3.63) is 69.7 Å². The van der Waals surface area contributed by atoms with Crippen LogP contribution in [-0.2, 0) is 19.9 Å². The number of amides is 2. The van der Waals surface area contributed by atoms with Crippen molar-refractivity contribution in [2.75, 3.05) is 26.7 Å². The number of methoxy groups -OCH3 is 1. The summed E-state index contributed by atoms with van der Waals surface area (Å²) in [6.45, 7) is 0.568. The second-order valence-electron chi connectivity index (χ2n) is 9.14. The van der Waals surface area contributed by atoms with Crippen LogP contribution >= 0.6 is 23.2 Å². The van der Waals surface area contributed by atoms with Crippen molar-refractivity contribution in [3.8, 4) is 0 Å². The van der Waals surface area contributed by atoms with Crippen molar-refractivity contribution >= 4 is 35.0 Å². The number of nitrogens with one attached hydrogen (secondary N) is 1. The first-order chi connectivity index (χ1) is 16.5. The number of benzene rings is 2. The molecule has 188 valence electrons. The number of nitrogens with zero attached hydrogens (tertiary/aromatic N) is 1. The van der Waals surface area contributed by atoms with E-state index in [4.69, 9.17) is 27.9 Å². The SMILES string of the molecule is COC(C(=O)N1CCC2(CC1)CC(=O)NC[C@H]2c1ccccc1)(c1cc(Cl)cc(Cl)c1)C(F)(F)F. The van der Waals surface area contributed by atoms with Crippen LogP contribution in [0.4, 0.5) is 13.2 Å². The van der Waals surface area contributed by atoms with Crippen molar-refractivity contribution in [2.45, 2.75) is 37.0 Å². The lowest BCUT2D eigenvalue weighted by molar-refractivity contribution is -0.271. The van der Waals surface area contributed by atoms with E-state index in [0.717, 1.165) is 24.8 Å². The third kappa shape index (κ3) is 4.63. The zero-order valence-electron chi connectivity index (χ0n) is 19.0. The molecule has 2 heterocycles. The highest BCUT2D eigenvalue weighted by Gasteiger charge is 2.64. The van der Waals surface area contributed by atoms with Crippen LogP contribution in [0.5, 0.6) is 0 Å². The van der Waals surface area contributed by atoms with E-state index in [-0.39, 0.29) is 41.4 Å². The zero-order valence-corrected chi connectivity index (χ0v) is 20.5. The first kappa shape index (κ1) is 25.8. The Bertz CT molecular complexity index is 1080. The Morgan fingerprint density at radius 2 is 1.69 bits per heavy atom. The molecule has 35 heavy (non-hydrogen) atoms. The average Bonchev–Trinajstić information content (AvgIpc) is 2.79. The van der Waals surface area contributed by atoms with Gasteiger partial charge in [-0.3, -0.25) is 9.59 Å². The van der Waals surface area contributed by atoms with E-state index in [1.807, 2.05) is 30.3 Å². The molecule has 2 aromatic carbocycles. The molecule has 0 saturated carbocycles. The molecule has 1 N–H and O–H groups in total. The number of carbonyl (C=O) groups is 2. The summed E-state index contributed by atoms with van der Waals surface area (Å²) in [7, 11) is 0.850. The fraction of sp³-hybridized carbons (Fsp3) is 0.440. The Labute approximate surface area is 211 Å². The molecule has 5 nitrogen and oxygen atoms in total. The highest BCUT2D eigenvalue weighted by molar-refractivity contribution is 6.34. The molecule has 0 aromatic heterocycles. The first-order valence-electron chi connectivity index (χ1n) is 11.2.